The summed E-state index contributed by atoms with van der Waals surface area (Å²) in [5.74, 6) is 1.31. The van der Waals surface area contributed by atoms with Crippen LogP contribution in [0.2, 0.25) is 0 Å². The van der Waals surface area contributed by atoms with E-state index < -0.39 is 0 Å². The molecule has 0 bridgehead atoms. The second kappa shape index (κ2) is 20.6. The predicted octanol–water partition coefficient (Wildman–Crippen LogP) is 10.3. The van der Waals surface area contributed by atoms with Gasteiger partial charge in [-0.05, 0) is 38.2 Å². The summed E-state index contributed by atoms with van der Waals surface area (Å²) in [6.07, 6.45) is 31.2. The van der Waals surface area contributed by atoms with Crippen LogP contribution in [0.15, 0.2) is 36.5 Å². The molecule has 0 saturated carbocycles. The lowest BCUT2D eigenvalue weighted by Gasteiger charge is -2.05. The van der Waals surface area contributed by atoms with Gasteiger partial charge in [0.15, 0.2) is 0 Å². The van der Waals surface area contributed by atoms with E-state index in [0.29, 0.717) is 0 Å². The maximum atomic E-state index is 4.99. The summed E-state index contributed by atoms with van der Waals surface area (Å²) >= 11 is 0. The lowest BCUT2D eigenvalue weighted by Crippen LogP contribution is -2.00. The summed E-state index contributed by atoms with van der Waals surface area (Å²) in [5, 5.41) is 0. The maximum absolute atomic E-state index is 4.99. The molecule has 0 amide bonds. The molecule has 0 spiro atoms. The van der Waals surface area contributed by atoms with Crippen LogP contribution in [0.4, 0.5) is 0 Å². The average Bonchev–Trinajstić information content (AvgIpc) is 3.28. The fraction of sp³-hybridized carbons (Fsp3) is 0.727. The van der Waals surface area contributed by atoms with Gasteiger partial charge in [0.25, 0.3) is 0 Å². The summed E-state index contributed by atoms with van der Waals surface area (Å²) in [7, 11) is 0. The number of imidazole rings is 1. The predicted molar refractivity (Wildman–Crippen MR) is 154 cm³/mol. The highest BCUT2D eigenvalue weighted by molar-refractivity contribution is 5.15. The summed E-state index contributed by atoms with van der Waals surface area (Å²) < 4.78 is 2.38. The third-order valence-electron chi connectivity index (χ3n) is 7.49. The molecule has 35 heavy (non-hydrogen) atoms. The van der Waals surface area contributed by atoms with Gasteiger partial charge in [-0.25, -0.2) is 4.98 Å². The Kier molecular flexibility index (Phi) is 17.5. The molecular weight excluding hydrogens is 424 g/mol. The molecule has 0 saturated heterocycles. The smallest absolute Gasteiger partial charge is 0.108 e. The van der Waals surface area contributed by atoms with Crippen LogP contribution in [0.3, 0.4) is 0 Å². The van der Waals surface area contributed by atoms with Gasteiger partial charge in [0.2, 0.25) is 0 Å². The first-order valence-corrected chi connectivity index (χ1v) is 15.4. The number of hydrogen-bond acceptors (Lipinski definition) is 1. The van der Waals surface area contributed by atoms with E-state index in [9.17, 15) is 0 Å². The van der Waals surface area contributed by atoms with Crippen LogP contribution >= 0.6 is 0 Å². The van der Waals surface area contributed by atoms with Crippen molar-refractivity contribution in [2.24, 2.45) is 0 Å². The lowest BCUT2D eigenvalue weighted by atomic mass is 10.0. The Labute approximate surface area is 218 Å². The Hall–Kier alpha value is -1.57. The van der Waals surface area contributed by atoms with E-state index >= 15 is 0 Å². The number of benzene rings is 1. The first-order chi connectivity index (χ1) is 17.3. The molecule has 1 aromatic heterocycles. The van der Waals surface area contributed by atoms with Crippen molar-refractivity contribution in [3.05, 3.63) is 53.6 Å². The van der Waals surface area contributed by atoms with Gasteiger partial charge in [-0.15, -0.1) is 0 Å². The molecule has 0 aliphatic rings. The number of aromatic nitrogens is 2. The molecule has 1 heterocycles. The van der Waals surface area contributed by atoms with Crippen molar-refractivity contribution in [3.63, 3.8) is 0 Å². The molecule has 198 valence electrons. The quantitative estimate of drug-likeness (QED) is 0.145. The van der Waals surface area contributed by atoms with Crippen LogP contribution in [0.1, 0.15) is 147 Å². The molecular formula is C33H56N2. The zero-order valence-corrected chi connectivity index (χ0v) is 23.4. The molecule has 0 fully saturated rings. The van der Waals surface area contributed by atoms with Crippen molar-refractivity contribution in [2.45, 2.75) is 155 Å². The van der Waals surface area contributed by atoms with Gasteiger partial charge in [-0.2, -0.15) is 0 Å². The molecule has 2 nitrogen and oxygen atoms in total. The van der Waals surface area contributed by atoms with Gasteiger partial charge >= 0.3 is 0 Å². The average molecular weight is 481 g/mol. The summed E-state index contributed by atoms with van der Waals surface area (Å²) in [6, 6.07) is 10.8. The van der Waals surface area contributed by atoms with E-state index in [1.165, 1.54) is 133 Å². The summed E-state index contributed by atoms with van der Waals surface area (Å²) in [6.45, 7) is 5.59. The van der Waals surface area contributed by atoms with E-state index in [1.54, 1.807) is 0 Å². The Bertz CT molecular complexity index is 718. The van der Waals surface area contributed by atoms with Crippen LogP contribution in [0.5, 0.6) is 0 Å². The van der Waals surface area contributed by atoms with Crippen molar-refractivity contribution >= 4 is 0 Å². The van der Waals surface area contributed by atoms with E-state index in [-0.39, 0.29) is 0 Å². The van der Waals surface area contributed by atoms with Crippen molar-refractivity contribution < 1.29 is 0 Å². The number of aryl methyl sites for hydroxylation is 4. The van der Waals surface area contributed by atoms with E-state index in [2.05, 4.69) is 54.9 Å². The first kappa shape index (κ1) is 29.7. The Morgan fingerprint density at radius 1 is 0.543 bits per heavy atom. The van der Waals surface area contributed by atoms with Crippen LogP contribution in [0, 0.1) is 0 Å². The van der Waals surface area contributed by atoms with E-state index in [4.69, 9.17) is 4.98 Å². The molecule has 2 aromatic rings. The summed E-state index contributed by atoms with van der Waals surface area (Å²) in [5.41, 5.74) is 2.72. The molecule has 0 radical (unpaired) electrons. The fourth-order valence-electron chi connectivity index (χ4n) is 5.23. The van der Waals surface area contributed by atoms with Gasteiger partial charge in [-0.1, -0.05) is 140 Å². The van der Waals surface area contributed by atoms with Crippen LogP contribution in [-0.4, -0.2) is 9.55 Å². The molecule has 0 aliphatic carbocycles. The Balaban J connectivity index is 1.41. The highest BCUT2D eigenvalue weighted by atomic mass is 15.1. The molecule has 0 aliphatic heterocycles. The Morgan fingerprint density at radius 2 is 1.06 bits per heavy atom. The van der Waals surface area contributed by atoms with Gasteiger partial charge in [0.05, 0.1) is 5.69 Å². The van der Waals surface area contributed by atoms with Crippen molar-refractivity contribution in [1.82, 2.24) is 9.55 Å². The Morgan fingerprint density at radius 3 is 1.57 bits per heavy atom. The van der Waals surface area contributed by atoms with E-state index in [0.717, 1.165) is 25.8 Å². The molecule has 0 unspecified atom stereocenters. The second-order valence-electron chi connectivity index (χ2n) is 10.7. The minimum absolute atomic E-state index is 1.04. The van der Waals surface area contributed by atoms with Crippen LogP contribution in [-0.2, 0) is 25.8 Å². The lowest BCUT2D eigenvalue weighted by molar-refractivity contribution is 0.525. The van der Waals surface area contributed by atoms with Gasteiger partial charge in [-0.3, -0.25) is 0 Å². The van der Waals surface area contributed by atoms with Crippen molar-refractivity contribution in [2.75, 3.05) is 0 Å². The third kappa shape index (κ3) is 14.6. The molecule has 1 aromatic carbocycles. The number of unbranched alkanes of at least 4 members (excludes halogenated alkanes) is 16. The van der Waals surface area contributed by atoms with Crippen LogP contribution < -0.4 is 0 Å². The topological polar surface area (TPSA) is 17.8 Å². The van der Waals surface area contributed by atoms with Crippen molar-refractivity contribution in [1.29, 1.82) is 0 Å². The standard InChI is InChI=1S/C33H56N2/c1-3-5-6-7-8-9-10-11-12-13-14-15-16-17-18-19-23-29-33-34-32(30-35(33)4-2)28-24-27-31-25-21-20-22-26-31/h20-22,25-26,30H,3-19,23-24,27-29H2,1-2H3. The van der Waals surface area contributed by atoms with Gasteiger partial charge < -0.3 is 4.57 Å². The number of rotatable bonds is 23. The normalized spacial score (nSPS) is 11.4. The van der Waals surface area contributed by atoms with E-state index in [1.807, 2.05) is 0 Å². The molecule has 2 rings (SSSR count). The zero-order valence-electron chi connectivity index (χ0n) is 23.4. The minimum atomic E-state index is 1.04. The third-order valence-corrected chi connectivity index (χ3v) is 7.49. The second-order valence-corrected chi connectivity index (χ2v) is 10.7. The SMILES string of the molecule is CCCCCCCCCCCCCCCCCCCc1nc(CCCc2ccccc2)cn1CC. The molecule has 0 N–H and O–H groups in total. The largest absolute Gasteiger partial charge is 0.335 e. The molecule has 2 heteroatoms. The van der Waals surface area contributed by atoms with Gasteiger partial charge in [0, 0.05) is 19.2 Å². The monoisotopic (exact) mass is 480 g/mol. The van der Waals surface area contributed by atoms with Crippen molar-refractivity contribution in [3.8, 4) is 0 Å². The number of hydrogen-bond donors (Lipinski definition) is 0. The molecule has 0 atom stereocenters. The minimum Gasteiger partial charge on any atom is -0.335 e. The highest BCUT2D eigenvalue weighted by Crippen LogP contribution is 2.16. The summed E-state index contributed by atoms with van der Waals surface area (Å²) in [4.78, 5) is 4.99. The van der Waals surface area contributed by atoms with Crippen LogP contribution in [0.25, 0.3) is 0 Å². The highest BCUT2D eigenvalue weighted by Gasteiger charge is 2.07. The maximum Gasteiger partial charge on any atom is 0.108 e. The van der Waals surface area contributed by atoms with Gasteiger partial charge in [0.1, 0.15) is 5.82 Å². The number of nitrogens with zero attached hydrogens (tertiary/aromatic N) is 2. The first-order valence-electron chi connectivity index (χ1n) is 15.4. The fourth-order valence-corrected chi connectivity index (χ4v) is 5.23. The zero-order chi connectivity index (χ0) is 24.8.